The SMILES string of the molecule is CC1(C)OC[C@H](c2ccccc2)N1[C@@H]1C[C@H](c2ccccc2)OC1=O. The molecule has 2 aromatic carbocycles. The molecule has 0 radical (unpaired) electrons. The lowest BCUT2D eigenvalue weighted by Crippen LogP contribution is -2.49. The van der Waals surface area contributed by atoms with Crippen LogP contribution in [0.1, 0.15) is 43.5 Å². The van der Waals surface area contributed by atoms with Crippen LogP contribution in [0, 0.1) is 0 Å². The largest absolute Gasteiger partial charge is 0.456 e. The molecule has 2 aliphatic rings. The molecular weight excluding hydrogens is 314 g/mol. The topological polar surface area (TPSA) is 38.8 Å². The third-order valence-corrected chi connectivity index (χ3v) is 5.21. The summed E-state index contributed by atoms with van der Waals surface area (Å²) in [5.41, 5.74) is 1.71. The van der Waals surface area contributed by atoms with Gasteiger partial charge in [0.2, 0.25) is 0 Å². The third kappa shape index (κ3) is 2.96. The quantitative estimate of drug-likeness (QED) is 0.798. The van der Waals surface area contributed by atoms with E-state index in [0.717, 1.165) is 5.56 Å². The van der Waals surface area contributed by atoms with E-state index in [-0.39, 0.29) is 24.2 Å². The van der Waals surface area contributed by atoms with Crippen LogP contribution in [0.3, 0.4) is 0 Å². The number of nitrogens with zero attached hydrogens (tertiary/aromatic N) is 1. The van der Waals surface area contributed by atoms with E-state index in [0.29, 0.717) is 13.0 Å². The molecule has 4 nitrogen and oxygen atoms in total. The maximum absolute atomic E-state index is 12.7. The fourth-order valence-electron chi connectivity index (χ4n) is 4.00. The average molecular weight is 337 g/mol. The Kier molecular flexibility index (Phi) is 4.10. The van der Waals surface area contributed by atoms with E-state index in [1.165, 1.54) is 5.56 Å². The Morgan fingerprint density at radius 1 is 0.920 bits per heavy atom. The summed E-state index contributed by atoms with van der Waals surface area (Å²) < 4.78 is 11.8. The smallest absolute Gasteiger partial charge is 0.324 e. The van der Waals surface area contributed by atoms with Gasteiger partial charge >= 0.3 is 5.97 Å². The molecule has 0 unspecified atom stereocenters. The van der Waals surface area contributed by atoms with Crippen LogP contribution in [0.25, 0.3) is 0 Å². The van der Waals surface area contributed by atoms with Crippen molar-refractivity contribution in [3.8, 4) is 0 Å². The van der Waals surface area contributed by atoms with Crippen molar-refractivity contribution in [1.82, 2.24) is 4.90 Å². The Balaban J connectivity index is 1.63. The molecule has 0 amide bonds. The highest BCUT2D eigenvalue weighted by Gasteiger charge is 2.51. The van der Waals surface area contributed by atoms with Crippen LogP contribution >= 0.6 is 0 Å². The van der Waals surface area contributed by atoms with Crippen molar-refractivity contribution >= 4 is 5.97 Å². The maximum atomic E-state index is 12.7. The standard InChI is InChI=1S/C21H23NO3/c1-21(2)22(18(14-24-21)15-9-5-3-6-10-15)17-13-19(25-20(17)23)16-11-7-4-8-12-16/h3-12,17-19H,13-14H2,1-2H3/t17-,18-,19-/m1/s1. The van der Waals surface area contributed by atoms with Gasteiger partial charge in [0.25, 0.3) is 0 Å². The molecular formula is C21H23NO3. The van der Waals surface area contributed by atoms with Crippen molar-refractivity contribution in [2.75, 3.05) is 6.61 Å². The molecule has 2 saturated heterocycles. The molecule has 0 N–H and O–H groups in total. The predicted octanol–water partition coefficient (Wildman–Crippen LogP) is 3.85. The molecule has 130 valence electrons. The first kappa shape index (κ1) is 16.3. The Morgan fingerprint density at radius 3 is 2.16 bits per heavy atom. The number of carbonyl (C=O) groups is 1. The third-order valence-electron chi connectivity index (χ3n) is 5.21. The Labute approximate surface area is 148 Å². The van der Waals surface area contributed by atoms with E-state index in [9.17, 15) is 4.79 Å². The van der Waals surface area contributed by atoms with E-state index in [2.05, 4.69) is 17.0 Å². The molecule has 0 aliphatic carbocycles. The number of hydrogen-bond donors (Lipinski definition) is 0. The normalized spacial score (nSPS) is 28.9. The zero-order chi connectivity index (χ0) is 17.4. The number of rotatable bonds is 3. The van der Waals surface area contributed by atoms with Crippen molar-refractivity contribution in [3.05, 3.63) is 71.8 Å². The van der Waals surface area contributed by atoms with Gasteiger partial charge in [0.1, 0.15) is 17.9 Å². The summed E-state index contributed by atoms with van der Waals surface area (Å²) >= 11 is 0. The number of benzene rings is 2. The molecule has 0 spiro atoms. The van der Waals surface area contributed by atoms with Gasteiger partial charge in [0.05, 0.1) is 12.6 Å². The monoisotopic (exact) mass is 337 g/mol. The van der Waals surface area contributed by atoms with E-state index >= 15 is 0 Å². The van der Waals surface area contributed by atoms with Crippen LogP contribution in [0.15, 0.2) is 60.7 Å². The maximum Gasteiger partial charge on any atom is 0.324 e. The van der Waals surface area contributed by atoms with Crippen LogP contribution in [-0.2, 0) is 14.3 Å². The first-order valence-corrected chi connectivity index (χ1v) is 8.79. The molecule has 2 heterocycles. The molecule has 3 atom stereocenters. The lowest BCUT2D eigenvalue weighted by molar-refractivity contribution is -0.151. The van der Waals surface area contributed by atoms with Crippen molar-refractivity contribution in [1.29, 1.82) is 0 Å². The summed E-state index contributed by atoms with van der Waals surface area (Å²) in [4.78, 5) is 14.9. The zero-order valence-electron chi connectivity index (χ0n) is 14.6. The molecule has 4 rings (SSSR count). The van der Waals surface area contributed by atoms with Gasteiger partial charge in [-0.1, -0.05) is 60.7 Å². The molecule has 2 fully saturated rings. The van der Waals surface area contributed by atoms with Crippen LogP contribution < -0.4 is 0 Å². The molecule has 2 aromatic rings. The molecule has 25 heavy (non-hydrogen) atoms. The fraction of sp³-hybridized carbons (Fsp3) is 0.381. The zero-order valence-corrected chi connectivity index (χ0v) is 14.6. The van der Waals surface area contributed by atoms with Crippen molar-refractivity contribution in [3.63, 3.8) is 0 Å². The summed E-state index contributed by atoms with van der Waals surface area (Å²) in [5.74, 6) is -0.159. The first-order valence-electron chi connectivity index (χ1n) is 8.79. The van der Waals surface area contributed by atoms with E-state index in [1.807, 2.05) is 62.4 Å². The van der Waals surface area contributed by atoms with Gasteiger partial charge in [0, 0.05) is 6.42 Å². The van der Waals surface area contributed by atoms with E-state index < -0.39 is 5.72 Å². The van der Waals surface area contributed by atoms with Crippen LogP contribution in [-0.4, -0.2) is 29.2 Å². The van der Waals surface area contributed by atoms with Gasteiger partial charge in [-0.3, -0.25) is 9.69 Å². The minimum atomic E-state index is -0.504. The van der Waals surface area contributed by atoms with E-state index in [1.54, 1.807) is 0 Å². The number of cyclic esters (lactones) is 1. The highest BCUT2D eigenvalue weighted by molar-refractivity contribution is 5.78. The minimum Gasteiger partial charge on any atom is -0.456 e. The lowest BCUT2D eigenvalue weighted by Gasteiger charge is -2.36. The molecule has 0 bridgehead atoms. The summed E-state index contributed by atoms with van der Waals surface area (Å²) in [7, 11) is 0. The van der Waals surface area contributed by atoms with Crippen molar-refractivity contribution in [2.45, 2.75) is 44.2 Å². The second-order valence-corrected chi connectivity index (χ2v) is 7.18. The second kappa shape index (κ2) is 6.28. The second-order valence-electron chi connectivity index (χ2n) is 7.18. The Hall–Kier alpha value is -2.17. The van der Waals surface area contributed by atoms with Gasteiger partial charge in [-0.2, -0.15) is 0 Å². The summed E-state index contributed by atoms with van der Waals surface area (Å²) in [6.07, 6.45) is 0.463. The van der Waals surface area contributed by atoms with Gasteiger partial charge in [-0.15, -0.1) is 0 Å². The molecule has 0 saturated carbocycles. The number of hydrogen-bond acceptors (Lipinski definition) is 4. The number of esters is 1. The highest BCUT2D eigenvalue weighted by atomic mass is 16.6. The van der Waals surface area contributed by atoms with Crippen molar-refractivity contribution < 1.29 is 14.3 Å². The van der Waals surface area contributed by atoms with Crippen LogP contribution in [0.5, 0.6) is 0 Å². The summed E-state index contributed by atoms with van der Waals surface area (Å²) in [6.45, 7) is 4.63. The van der Waals surface area contributed by atoms with Crippen molar-refractivity contribution in [2.24, 2.45) is 0 Å². The summed E-state index contributed by atoms with van der Waals surface area (Å²) in [6, 6.07) is 20.0. The Bertz CT molecular complexity index is 744. The van der Waals surface area contributed by atoms with E-state index in [4.69, 9.17) is 9.47 Å². The number of carbonyl (C=O) groups excluding carboxylic acids is 1. The van der Waals surface area contributed by atoms with Crippen LogP contribution in [0.4, 0.5) is 0 Å². The highest BCUT2D eigenvalue weighted by Crippen LogP contribution is 2.43. The lowest BCUT2D eigenvalue weighted by atomic mass is 9.99. The summed E-state index contributed by atoms with van der Waals surface area (Å²) in [5, 5.41) is 0. The van der Waals surface area contributed by atoms with Crippen LogP contribution in [0.2, 0.25) is 0 Å². The van der Waals surface area contributed by atoms with Gasteiger partial charge in [-0.25, -0.2) is 0 Å². The molecule has 0 aromatic heterocycles. The predicted molar refractivity (Wildman–Crippen MR) is 94.7 cm³/mol. The number of ether oxygens (including phenoxy) is 2. The molecule has 2 aliphatic heterocycles. The van der Waals surface area contributed by atoms with Gasteiger partial charge < -0.3 is 9.47 Å². The van der Waals surface area contributed by atoms with Gasteiger partial charge in [-0.05, 0) is 25.0 Å². The first-order chi connectivity index (χ1) is 12.1. The van der Waals surface area contributed by atoms with Gasteiger partial charge in [0.15, 0.2) is 0 Å². The average Bonchev–Trinajstić information content (AvgIpc) is 3.15. The fourth-order valence-corrected chi connectivity index (χ4v) is 4.00. The Morgan fingerprint density at radius 2 is 1.52 bits per heavy atom. The minimum absolute atomic E-state index is 0.0586. The molecule has 4 heteroatoms.